The third-order valence-corrected chi connectivity index (χ3v) is 4.59. The molecule has 0 atom stereocenters. The van der Waals surface area contributed by atoms with Crippen LogP contribution in [0.1, 0.15) is 25.0 Å². The maximum atomic E-state index is 12.6. The van der Waals surface area contributed by atoms with Crippen LogP contribution < -0.4 is 15.8 Å². The third kappa shape index (κ3) is 4.34. The number of nitrogens with one attached hydrogen (secondary N) is 2. The summed E-state index contributed by atoms with van der Waals surface area (Å²) in [6.07, 6.45) is 0. The quantitative estimate of drug-likeness (QED) is 0.855. The minimum absolute atomic E-state index is 0.0638. The maximum Gasteiger partial charge on any atom is 0.288 e. The molecule has 0 aromatic heterocycles. The van der Waals surface area contributed by atoms with Gasteiger partial charge in [-0.25, -0.2) is 5.01 Å². The summed E-state index contributed by atoms with van der Waals surface area (Å²) in [5.41, 5.74) is 5.52. The van der Waals surface area contributed by atoms with Gasteiger partial charge in [0.25, 0.3) is 11.8 Å². The molecule has 2 amide bonds. The topological polar surface area (TPSA) is 73.8 Å². The van der Waals surface area contributed by atoms with Crippen LogP contribution in [0.25, 0.3) is 0 Å². The monoisotopic (exact) mass is 364 g/mol. The van der Waals surface area contributed by atoms with Gasteiger partial charge in [0.05, 0.1) is 5.69 Å². The molecule has 0 unspecified atom stereocenters. The number of hydrogen-bond acceptors (Lipinski definition) is 4. The van der Waals surface area contributed by atoms with E-state index in [0.29, 0.717) is 12.2 Å². The van der Waals surface area contributed by atoms with Gasteiger partial charge in [-0.05, 0) is 24.6 Å². The fourth-order valence-electron chi connectivity index (χ4n) is 2.82. The molecule has 0 bridgehead atoms. The smallest absolute Gasteiger partial charge is 0.288 e. The lowest BCUT2D eigenvalue weighted by molar-refractivity contribution is -0.118. The van der Waals surface area contributed by atoms with Gasteiger partial charge in [0.2, 0.25) is 5.84 Å². The Balaban J connectivity index is 1.66. The van der Waals surface area contributed by atoms with E-state index in [9.17, 15) is 9.59 Å². The number of anilines is 1. The molecule has 6 nitrogen and oxygen atoms in total. The summed E-state index contributed by atoms with van der Waals surface area (Å²) in [5, 5.41) is 4.28. The molecule has 140 valence electrons. The first-order chi connectivity index (χ1) is 12.9. The van der Waals surface area contributed by atoms with E-state index < -0.39 is 0 Å². The van der Waals surface area contributed by atoms with Gasteiger partial charge in [-0.15, -0.1) is 0 Å². The first-order valence-electron chi connectivity index (χ1n) is 8.91. The highest BCUT2D eigenvalue weighted by atomic mass is 16.2. The van der Waals surface area contributed by atoms with Gasteiger partial charge in [-0.2, -0.15) is 0 Å². The van der Waals surface area contributed by atoms with Crippen molar-refractivity contribution < 1.29 is 9.59 Å². The molecule has 0 radical (unpaired) electrons. The molecule has 1 aliphatic heterocycles. The van der Waals surface area contributed by atoms with Gasteiger partial charge in [0, 0.05) is 12.0 Å². The lowest BCUT2D eigenvalue weighted by atomic mass is 9.84. The van der Waals surface area contributed by atoms with Gasteiger partial charge in [0.15, 0.2) is 0 Å². The number of hydrazine groups is 1. The summed E-state index contributed by atoms with van der Waals surface area (Å²) in [6.45, 7) is 6.51. The van der Waals surface area contributed by atoms with Crippen molar-refractivity contribution in [3.8, 4) is 0 Å². The lowest BCUT2D eigenvalue weighted by Crippen LogP contribution is -2.56. The lowest BCUT2D eigenvalue weighted by Gasteiger charge is -2.29. The Kier molecular flexibility index (Phi) is 5.26. The van der Waals surface area contributed by atoms with E-state index in [-0.39, 0.29) is 29.6 Å². The molecule has 0 saturated carbocycles. The zero-order valence-corrected chi connectivity index (χ0v) is 15.8. The Morgan fingerprint density at radius 3 is 2.48 bits per heavy atom. The zero-order valence-electron chi connectivity index (χ0n) is 15.8. The summed E-state index contributed by atoms with van der Waals surface area (Å²) in [5.74, 6) is -0.400. The molecule has 3 rings (SSSR count). The number of rotatable bonds is 5. The van der Waals surface area contributed by atoms with Crippen LogP contribution in [0.3, 0.4) is 0 Å². The molecular weight excluding hydrogens is 340 g/mol. The van der Waals surface area contributed by atoms with E-state index in [4.69, 9.17) is 0 Å². The van der Waals surface area contributed by atoms with E-state index in [1.165, 1.54) is 5.01 Å². The van der Waals surface area contributed by atoms with Crippen LogP contribution in [-0.4, -0.2) is 30.7 Å². The van der Waals surface area contributed by atoms with Crippen LogP contribution in [0.15, 0.2) is 59.6 Å². The largest absolute Gasteiger partial charge is 0.348 e. The van der Waals surface area contributed by atoms with Crippen molar-refractivity contribution in [1.29, 1.82) is 0 Å². The molecule has 27 heavy (non-hydrogen) atoms. The second-order valence-corrected chi connectivity index (χ2v) is 7.27. The van der Waals surface area contributed by atoms with Crippen molar-refractivity contribution in [1.82, 2.24) is 10.7 Å². The highest BCUT2D eigenvalue weighted by Gasteiger charge is 2.27. The summed E-state index contributed by atoms with van der Waals surface area (Å²) >= 11 is 0. The van der Waals surface area contributed by atoms with E-state index in [0.717, 1.165) is 11.1 Å². The molecule has 1 heterocycles. The molecule has 2 aromatic rings. The first-order valence-corrected chi connectivity index (χ1v) is 8.91. The Labute approximate surface area is 159 Å². The van der Waals surface area contributed by atoms with Crippen LogP contribution in [-0.2, 0) is 15.0 Å². The average Bonchev–Trinajstić information content (AvgIpc) is 2.68. The van der Waals surface area contributed by atoms with Gasteiger partial charge in [-0.1, -0.05) is 61.9 Å². The Bertz CT molecular complexity index is 858. The van der Waals surface area contributed by atoms with Gasteiger partial charge in [-0.3, -0.25) is 20.0 Å². The van der Waals surface area contributed by atoms with Crippen LogP contribution in [0.2, 0.25) is 0 Å². The van der Waals surface area contributed by atoms with Crippen molar-refractivity contribution in [2.45, 2.75) is 26.2 Å². The van der Waals surface area contributed by atoms with E-state index in [1.807, 2.05) is 61.5 Å². The van der Waals surface area contributed by atoms with Crippen LogP contribution >= 0.6 is 0 Å². The number of amides is 2. The minimum atomic E-state index is -0.330. The first kappa shape index (κ1) is 18.6. The molecule has 2 N–H and O–H groups in total. The predicted octanol–water partition coefficient (Wildman–Crippen LogP) is 2.34. The number of benzene rings is 2. The second-order valence-electron chi connectivity index (χ2n) is 7.27. The Morgan fingerprint density at radius 1 is 1.15 bits per heavy atom. The second kappa shape index (κ2) is 7.61. The predicted molar refractivity (Wildman–Crippen MR) is 107 cm³/mol. The molecule has 0 fully saturated rings. The van der Waals surface area contributed by atoms with E-state index in [2.05, 4.69) is 29.6 Å². The molecule has 0 saturated heterocycles. The van der Waals surface area contributed by atoms with Gasteiger partial charge >= 0.3 is 0 Å². The van der Waals surface area contributed by atoms with Crippen molar-refractivity contribution >= 4 is 23.3 Å². The highest BCUT2D eigenvalue weighted by Crippen LogP contribution is 2.21. The fourth-order valence-corrected chi connectivity index (χ4v) is 2.82. The van der Waals surface area contributed by atoms with E-state index in [1.54, 1.807) is 0 Å². The molecule has 0 spiro atoms. The SMILES string of the molecule is Cc1ccc(N2NC(C(=O)NCC(C)(C)c3ccccc3)=NCC2=O)cc1. The maximum absolute atomic E-state index is 12.6. The number of aryl methyl sites for hydroxylation is 1. The Morgan fingerprint density at radius 2 is 1.81 bits per heavy atom. The zero-order chi connectivity index (χ0) is 19.4. The van der Waals surface area contributed by atoms with Gasteiger partial charge in [0.1, 0.15) is 6.54 Å². The summed E-state index contributed by atoms with van der Waals surface area (Å²) in [7, 11) is 0. The Hall–Kier alpha value is -3.15. The standard InChI is InChI=1S/C21H24N4O2/c1-15-9-11-17(12-10-15)25-18(26)13-22-19(24-25)20(27)23-14-21(2,3)16-7-5-4-6-8-16/h4-12H,13-14H2,1-3H3,(H,22,24)(H,23,27). The van der Waals surface area contributed by atoms with Crippen molar-refractivity contribution in [2.24, 2.45) is 4.99 Å². The van der Waals surface area contributed by atoms with Crippen LogP contribution in [0.4, 0.5) is 5.69 Å². The summed E-state index contributed by atoms with van der Waals surface area (Å²) in [4.78, 5) is 28.8. The van der Waals surface area contributed by atoms with Crippen LogP contribution in [0.5, 0.6) is 0 Å². The molecule has 6 heteroatoms. The average molecular weight is 364 g/mol. The molecule has 0 aliphatic carbocycles. The van der Waals surface area contributed by atoms with E-state index >= 15 is 0 Å². The number of carbonyl (C=O) groups excluding carboxylic acids is 2. The minimum Gasteiger partial charge on any atom is -0.348 e. The van der Waals surface area contributed by atoms with Crippen molar-refractivity contribution in [3.05, 3.63) is 65.7 Å². The molecule has 2 aromatic carbocycles. The van der Waals surface area contributed by atoms with Gasteiger partial charge < -0.3 is 5.32 Å². The normalized spacial score (nSPS) is 14.4. The number of nitrogens with zero attached hydrogens (tertiary/aromatic N) is 2. The highest BCUT2D eigenvalue weighted by molar-refractivity contribution is 6.39. The number of amidine groups is 1. The molecular formula is C21H24N4O2. The van der Waals surface area contributed by atoms with Crippen molar-refractivity contribution in [3.63, 3.8) is 0 Å². The molecule has 1 aliphatic rings. The summed E-state index contributed by atoms with van der Waals surface area (Å²) in [6, 6.07) is 17.5. The summed E-state index contributed by atoms with van der Waals surface area (Å²) < 4.78 is 0. The fraction of sp³-hybridized carbons (Fsp3) is 0.286. The third-order valence-electron chi connectivity index (χ3n) is 4.59. The van der Waals surface area contributed by atoms with Crippen molar-refractivity contribution in [2.75, 3.05) is 18.1 Å². The number of carbonyl (C=O) groups is 2. The van der Waals surface area contributed by atoms with Crippen LogP contribution in [0, 0.1) is 6.92 Å². The number of aliphatic imine (C=N–C) groups is 1. The number of hydrogen-bond donors (Lipinski definition) is 2.